The van der Waals surface area contributed by atoms with E-state index >= 15 is 0 Å². The van der Waals surface area contributed by atoms with E-state index in [0.717, 1.165) is 11.5 Å². The molecule has 0 aliphatic heterocycles. The van der Waals surface area contributed by atoms with E-state index in [0.29, 0.717) is 11.5 Å². The smallest absolute Gasteiger partial charge is 0.406 e. The predicted octanol–water partition coefficient (Wildman–Crippen LogP) is 6.33. The molecule has 0 aromatic heterocycles. The van der Waals surface area contributed by atoms with Crippen molar-refractivity contribution in [2.24, 2.45) is 16.1 Å². The minimum absolute atomic E-state index is 0.263. The van der Waals surface area contributed by atoms with Crippen molar-refractivity contribution in [3.05, 3.63) is 65.2 Å². The van der Waals surface area contributed by atoms with Crippen molar-refractivity contribution in [1.29, 1.82) is 0 Å². The van der Waals surface area contributed by atoms with Gasteiger partial charge in [-0.3, -0.25) is 0 Å². The molecular weight excluding hydrogens is 365 g/mol. The maximum Gasteiger partial charge on any atom is 0.573 e. The van der Waals surface area contributed by atoms with E-state index in [1.54, 1.807) is 6.21 Å². The number of ether oxygens (including phenoxy) is 1. The van der Waals surface area contributed by atoms with Gasteiger partial charge in [0.05, 0.1) is 12.4 Å². The molecule has 28 heavy (non-hydrogen) atoms. The summed E-state index contributed by atoms with van der Waals surface area (Å²) in [5, 5.41) is 7.95. The summed E-state index contributed by atoms with van der Waals surface area (Å²) >= 11 is 0. The van der Waals surface area contributed by atoms with Crippen LogP contribution in [0, 0.1) is 5.92 Å². The highest BCUT2D eigenvalue weighted by Crippen LogP contribution is 2.35. The number of rotatable bonds is 5. The van der Waals surface area contributed by atoms with Crippen LogP contribution in [-0.2, 0) is 0 Å². The molecule has 1 aliphatic rings. The molecule has 0 unspecified atom stereocenters. The summed E-state index contributed by atoms with van der Waals surface area (Å²) in [6, 6.07) is 13.8. The average molecular weight is 388 g/mol. The van der Waals surface area contributed by atoms with Gasteiger partial charge in [-0.25, -0.2) is 0 Å². The zero-order chi connectivity index (χ0) is 20.0. The summed E-state index contributed by atoms with van der Waals surface area (Å²) in [6.07, 6.45) is 3.55. The van der Waals surface area contributed by atoms with Gasteiger partial charge < -0.3 is 4.74 Å². The first kappa shape index (κ1) is 20.1. The number of hydrogen-bond acceptors (Lipinski definition) is 3. The Morgan fingerprint density at radius 3 is 1.82 bits per heavy atom. The molecular formula is C22H23F3N2O. The highest BCUT2D eigenvalue weighted by atomic mass is 19.4. The summed E-state index contributed by atoms with van der Waals surface area (Å²) in [6.45, 7) is 2.32. The maximum atomic E-state index is 12.1. The van der Waals surface area contributed by atoms with Gasteiger partial charge in [0.1, 0.15) is 5.75 Å². The first-order valence-electron chi connectivity index (χ1n) is 9.41. The van der Waals surface area contributed by atoms with Gasteiger partial charge in [-0.05, 0) is 65.6 Å². The molecule has 0 bridgehead atoms. The second kappa shape index (κ2) is 9.04. The maximum absolute atomic E-state index is 12.1. The molecule has 3 rings (SSSR count). The molecule has 1 saturated carbocycles. The van der Waals surface area contributed by atoms with E-state index in [-0.39, 0.29) is 5.75 Å². The Bertz CT molecular complexity index is 803. The third-order valence-corrected chi connectivity index (χ3v) is 5.02. The van der Waals surface area contributed by atoms with Gasteiger partial charge in [-0.15, -0.1) is 13.2 Å². The molecule has 0 atom stereocenters. The molecule has 2 aromatic rings. The Morgan fingerprint density at radius 1 is 0.821 bits per heavy atom. The van der Waals surface area contributed by atoms with Crippen LogP contribution < -0.4 is 4.74 Å². The Labute approximate surface area is 163 Å². The van der Waals surface area contributed by atoms with Crippen molar-refractivity contribution in [3.8, 4) is 5.75 Å². The van der Waals surface area contributed by atoms with Crippen molar-refractivity contribution in [3.63, 3.8) is 0 Å². The predicted molar refractivity (Wildman–Crippen MR) is 105 cm³/mol. The van der Waals surface area contributed by atoms with Crippen LogP contribution in [0.2, 0.25) is 0 Å². The minimum atomic E-state index is -4.69. The van der Waals surface area contributed by atoms with E-state index in [1.165, 1.54) is 61.7 Å². The van der Waals surface area contributed by atoms with Gasteiger partial charge in [0.15, 0.2) is 0 Å². The van der Waals surface area contributed by atoms with Crippen LogP contribution in [0.25, 0.3) is 0 Å². The quantitative estimate of drug-likeness (QED) is 0.435. The second-order valence-electron chi connectivity index (χ2n) is 7.23. The topological polar surface area (TPSA) is 34.0 Å². The van der Waals surface area contributed by atoms with Crippen LogP contribution in [0.3, 0.4) is 0 Å². The lowest BCUT2D eigenvalue weighted by Gasteiger charge is -2.26. The Balaban J connectivity index is 1.52. The lowest BCUT2D eigenvalue weighted by Crippen LogP contribution is -2.16. The molecule has 1 aliphatic carbocycles. The number of alkyl halides is 3. The minimum Gasteiger partial charge on any atom is -0.406 e. The lowest BCUT2D eigenvalue weighted by molar-refractivity contribution is -0.274. The first-order chi connectivity index (χ1) is 13.4. The Morgan fingerprint density at radius 2 is 1.32 bits per heavy atom. The van der Waals surface area contributed by atoms with Crippen molar-refractivity contribution in [1.82, 2.24) is 0 Å². The van der Waals surface area contributed by atoms with Gasteiger partial charge in [-0.2, -0.15) is 10.2 Å². The Kier molecular flexibility index (Phi) is 6.49. The summed E-state index contributed by atoms with van der Waals surface area (Å²) in [5.74, 6) is 1.24. The van der Waals surface area contributed by atoms with Gasteiger partial charge in [0, 0.05) is 0 Å². The fraction of sp³-hybridized carbons (Fsp3) is 0.364. The van der Waals surface area contributed by atoms with Gasteiger partial charge in [0.25, 0.3) is 0 Å². The van der Waals surface area contributed by atoms with E-state index in [9.17, 15) is 13.2 Å². The normalized spacial score (nSPS) is 20.7. The van der Waals surface area contributed by atoms with Crippen molar-refractivity contribution in [2.75, 3.05) is 0 Å². The molecule has 0 radical (unpaired) electrons. The molecule has 0 saturated heterocycles. The first-order valence-corrected chi connectivity index (χ1v) is 9.41. The third-order valence-electron chi connectivity index (χ3n) is 5.02. The van der Waals surface area contributed by atoms with E-state index in [4.69, 9.17) is 0 Å². The highest BCUT2D eigenvalue weighted by Gasteiger charge is 2.30. The van der Waals surface area contributed by atoms with E-state index in [2.05, 4.69) is 34.0 Å². The molecule has 6 heteroatoms. The van der Waals surface area contributed by atoms with Crippen LogP contribution in [-0.4, -0.2) is 18.8 Å². The molecule has 3 nitrogen and oxygen atoms in total. The summed E-state index contributed by atoms with van der Waals surface area (Å²) in [4.78, 5) is 0. The monoisotopic (exact) mass is 388 g/mol. The number of halogens is 3. The van der Waals surface area contributed by atoms with Crippen LogP contribution in [0.5, 0.6) is 5.75 Å². The van der Waals surface area contributed by atoms with Gasteiger partial charge in [-0.1, -0.05) is 44.0 Å². The average Bonchev–Trinajstić information content (AvgIpc) is 2.66. The molecule has 0 amide bonds. The van der Waals surface area contributed by atoms with Crippen molar-refractivity contribution in [2.45, 2.75) is 44.9 Å². The summed E-state index contributed by atoms with van der Waals surface area (Å²) in [7, 11) is 0. The zero-order valence-electron chi connectivity index (χ0n) is 15.7. The second-order valence-corrected chi connectivity index (χ2v) is 7.23. The van der Waals surface area contributed by atoms with Crippen LogP contribution in [0.1, 0.15) is 55.2 Å². The fourth-order valence-electron chi connectivity index (χ4n) is 3.40. The fourth-order valence-corrected chi connectivity index (χ4v) is 3.40. The van der Waals surface area contributed by atoms with E-state index in [1.807, 2.05) is 12.1 Å². The molecule has 0 heterocycles. The summed E-state index contributed by atoms with van der Waals surface area (Å²) < 4.78 is 40.2. The number of hydrogen-bond donors (Lipinski definition) is 0. The number of nitrogens with zero attached hydrogens (tertiary/aromatic N) is 2. The van der Waals surface area contributed by atoms with E-state index < -0.39 is 6.36 Å². The number of benzene rings is 2. The lowest BCUT2D eigenvalue weighted by atomic mass is 9.79. The summed E-state index contributed by atoms with van der Waals surface area (Å²) in [5.41, 5.74) is 2.97. The Hall–Kier alpha value is -2.63. The molecule has 0 spiro atoms. The molecule has 1 fully saturated rings. The highest BCUT2D eigenvalue weighted by molar-refractivity contribution is 5.82. The molecule has 2 aromatic carbocycles. The van der Waals surface area contributed by atoms with Gasteiger partial charge >= 0.3 is 6.36 Å². The third kappa shape index (κ3) is 6.22. The van der Waals surface area contributed by atoms with Crippen molar-refractivity contribution >= 4 is 12.4 Å². The standard InChI is InChI=1S/C22H23F3N2O/c1-16-2-8-19(9-3-16)20-10-4-17(5-11-20)14-26-27-15-18-6-12-21(13-7-18)28-22(23,24)25/h4-7,10-16,19H,2-3,8-9H2,1H3/b26-14+,27-15+. The largest absolute Gasteiger partial charge is 0.573 e. The van der Waals surface area contributed by atoms with Gasteiger partial charge in [0.2, 0.25) is 0 Å². The SMILES string of the molecule is CC1CCC(c2ccc(/C=N/N=C/c3ccc(OC(F)(F)F)cc3)cc2)CC1. The van der Waals surface area contributed by atoms with Crippen molar-refractivity contribution < 1.29 is 17.9 Å². The molecule has 148 valence electrons. The van der Waals surface area contributed by atoms with Crippen LogP contribution in [0.4, 0.5) is 13.2 Å². The zero-order valence-corrected chi connectivity index (χ0v) is 15.7. The molecule has 0 N–H and O–H groups in total. The van der Waals surface area contributed by atoms with Crippen LogP contribution >= 0.6 is 0 Å². The van der Waals surface area contributed by atoms with Crippen LogP contribution in [0.15, 0.2) is 58.7 Å².